The molecule has 1 aromatic heterocycles. The molecule has 0 aliphatic carbocycles. The second-order valence-corrected chi connectivity index (χ2v) is 8.89. The first-order valence-electron chi connectivity index (χ1n) is 11.0. The Kier molecular flexibility index (Phi) is 8.97. The van der Waals surface area contributed by atoms with Crippen LogP contribution in [0.3, 0.4) is 0 Å². The highest BCUT2D eigenvalue weighted by Crippen LogP contribution is 2.25. The lowest BCUT2D eigenvalue weighted by atomic mass is 9.97. The van der Waals surface area contributed by atoms with Crippen LogP contribution in [0.15, 0.2) is 28.6 Å². The molecule has 0 atom stereocenters. The number of nitrogens with one attached hydrogen (secondary N) is 2. The van der Waals surface area contributed by atoms with Crippen molar-refractivity contribution in [2.75, 3.05) is 40.4 Å². The van der Waals surface area contributed by atoms with Gasteiger partial charge in [0.15, 0.2) is 5.96 Å². The maximum Gasteiger partial charge on any atom is 0.191 e. The van der Waals surface area contributed by atoms with E-state index in [0.29, 0.717) is 12.5 Å². The van der Waals surface area contributed by atoms with Crippen molar-refractivity contribution in [2.24, 2.45) is 10.9 Å². The summed E-state index contributed by atoms with van der Waals surface area (Å²) < 4.78 is 10.8. The second kappa shape index (κ2) is 11.9. The van der Waals surface area contributed by atoms with Gasteiger partial charge in [-0.15, -0.1) is 11.3 Å². The standard InChI is InChI=1S/C23H35N5O2S/c1-5-24-23(26-14-19-6-7-21(29-3)12-22(19)30-4)25-13-18-8-10-28(11-9-18)15-20-16-31-17(2)27-20/h6-7,12,16,18H,5,8-11,13-15H2,1-4H3,(H2,24,25,26). The summed E-state index contributed by atoms with van der Waals surface area (Å²) in [4.78, 5) is 11.9. The first-order chi connectivity index (χ1) is 15.1. The molecule has 0 bridgehead atoms. The van der Waals surface area contributed by atoms with Crippen molar-refractivity contribution in [1.82, 2.24) is 20.5 Å². The van der Waals surface area contributed by atoms with Gasteiger partial charge < -0.3 is 20.1 Å². The minimum Gasteiger partial charge on any atom is -0.497 e. The topological polar surface area (TPSA) is 71.0 Å². The van der Waals surface area contributed by atoms with Gasteiger partial charge in [-0.25, -0.2) is 9.98 Å². The zero-order valence-corrected chi connectivity index (χ0v) is 19.9. The number of aliphatic imine (C=N–C) groups is 1. The van der Waals surface area contributed by atoms with E-state index in [2.05, 4.69) is 39.7 Å². The lowest BCUT2D eigenvalue weighted by Gasteiger charge is -2.31. The van der Waals surface area contributed by atoms with E-state index in [1.165, 1.54) is 18.5 Å². The molecular formula is C23H35N5O2S. The number of nitrogens with zero attached hydrogens (tertiary/aromatic N) is 3. The molecule has 2 heterocycles. The molecule has 1 aliphatic heterocycles. The zero-order chi connectivity index (χ0) is 22.1. The second-order valence-electron chi connectivity index (χ2n) is 7.83. The summed E-state index contributed by atoms with van der Waals surface area (Å²) in [7, 11) is 3.33. The molecule has 0 amide bonds. The van der Waals surface area contributed by atoms with Crippen molar-refractivity contribution in [2.45, 2.75) is 39.8 Å². The molecule has 0 unspecified atom stereocenters. The van der Waals surface area contributed by atoms with Crippen LogP contribution in [-0.2, 0) is 13.1 Å². The van der Waals surface area contributed by atoms with Gasteiger partial charge in [0, 0.05) is 36.6 Å². The van der Waals surface area contributed by atoms with Crippen LogP contribution in [0.1, 0.15) is 36.0 Å². The van der Waals surface area contributed by atoms with Crippen LogP contribution in [-0.4, -0.2) is 56.2 Å². The molecule has 1 aliphatic rings. The number of aromatic nitrogens is 1. The van der Waals surface area contributed by atoms with Gasteiger partial charge in [0.25, 0.3) is 0 Å². The molecule has 3 rings (SSSR count). The predicted octanol–water partition coefficient (Wildman–Crippen LogP) is 3.44. The van der Waals surface area contributed by atoms with Crippen LogP contribution in [0.2, 0.25) is 0 Å². The van der Waals surface area contributed by atoms with Gasteiger partial charge >= 0.3 is 0 Å². The molecule has 2 N–H and O–H groups in total. The van der Waals surface area contributed by atoms with Gasteiger partial charge in [-0.3, -0.25) is 4.90 Å². The molecule has 2 aromatic rings. The number of benzene rings is 1. The average Bonchev–Trinajstić information content (AvgIpc) is 3.21. The highest BCUT2D eigenvalue weighted by Gasteiger charge is 2.20. The smallest absolute Gasteiger partial charge is 0.191 e. The Balaban J connectivity index is 1.48. The molecule has 1 saturated heterocycles. The van der Waals surface area contributed by atoms with E-state index in [9.17, 15) is 0 Å². The van der Waals surface area contributed by atoms with Crippen LogP contribution in [0, 0.1) is 12.8 Å². The number of methoxy groups -OCH3 is 2. The van der Waals surface area contributed by atoms with E-state index in [-0.39, 0.29) is 0 Å². The van der Waals surface area contributed by atoms with Crippen LogP contribution in [0.5, 0.6) is 11.5 Å². The minimum atomic E-state index is 0.550. The monoisotopic (exact) mass is 445 g/mol. The SMILES string of the molecule is CCNC(=NCc1ccc(OC)cc1OC)NCC1CCN(Cc2csc(C)n2)CC1. The maximum absolute atomic E-state index is 5.49. The third kappa shape index (κ3) is 7.11. The van der Waals surface area contributed by atoms with E-state index in [1.807, 2.05) is 18.2 Å². The predicted molar refractivity (Wildman–Crippen MR) is 127 cm³/mol. The lowest BCUT2D eigenvalue weighted by Crippen LogP contribution is -2.42. The Bertz CT molecular complexity index is 846. The van der Waals surface area contributed by atoms with Crippen LogP contribution < -0.4 is 20.1 Å². The number of rotatable bonds is 9. The molecule has 170 valence electrons. The molecular weight excluding hydrogens is 410 g/mol. The fourth-order valence-electron chi connectivity index (χ4n) is 3.79. The van der Waals surface area contributed by atoms with Gasteiger partial charge in [-0.1, -0.05) is 0 Å². The minimum absolute atomic E-state index is 0.550. The van der Waals surface area contributed by atoms with Crippen molar-refractivity contribution < 1.29 is 9.47 Å². The number of thiazole rings is 1. The van der Waals surface area contributed by atoms with Gasteiger partial charge in [-0.05, 0) is 57.8 Å². The highest BCUT2D eigenvalue weighted by atomic mass is 32.1. The number of ether oxygens (including phenoxy) is 2. The Hall–Kier alpha value is -2.32. The third-order valence-electron chi connectivity index (χ3n) is 5.56. The van der Waals surface area contributed by atoms with E-state index in [0.717, 1.165) is 60.8 Å². The Morgan fingerprint density at radius 3 is 2.68 bits per heavy atom. The Morgan fingerprint density at radius 2 is 2.03 bits per heavy atom. The Labute approximate surface area is 189 Å². The molecule has 0 saturated carbocycles. The summed E-state index contributed by atoms with van der Waals surface area (Å²) >= 11 is 1.73. The van der Waals surface area contributed by atoms with Gasteiger partial charge in [0.05, 0.1) is 31.5 Å². The zero-order valence-electron chi connectivity index (χ0n) is 19.1. The van der Waals surface area contributed by atoms with Crippen LogP contribution in [0.25, 0.3) is 0 Å². The molecule has 7 nitrogen and oxygen atoms in total. The molecule has 0 radical (unpaired) electrons. The van der Waals surface area contributed by atoms with Gasteiger partial charge in [0.1, 0.15) is 11.5 Å². The largest absolute Gasteiger partial charge is 0.497 e. The fraction of sp³-hybridized carbons (Fsp3) is 0.565. The summed E-state index contributed by atoms with van der Waals surface area (Å²) in [5.74, 6) is 3.08. The summed E-state index contributed by atoms with van der Waals surface area (Å²) in [6.45, 7) is 9.70. The maximum atomic E-state index is 5.49. The van der Waals surface area contributed by atoms with E-state index in [4.69, 9.17) is 14.5 Å². The normalized spacial score (nSPS) is 15.7. The lowest BCUT2D eigenvalue weighted by molar-refractivity contribution is 0.176. The first-order valence-corrected chi connectivity index (χ1v) is 11.9. The Morgan fingerprint density at radius 1 is 1.23 bits per heavy atom. The number of aryl methyl sites for hydroxylation is 1. The number of piperidine rings is 1. The van der Waals surface area contributed by atoms with Crippen molar-refractivity contribution in [3.63, 3.8) is 0 Å². The molecule has 8 heteroatoms. The van der Waals surface area contributed by atoms with Crippen molar-refractivity contribution >= 4 is 17.3 Å². The number of hydrogen-bond donors (Lipinski definition) is 2. The highest BCUT2D eigenvalue weighted by molar-refractivity contribution is 7.09. The van der Waals surface area contributed by atoms with Crippen molar-refractivity contribution in [3.05, 3.63) is 39.8 Å². The van der Waals surface area contributed by atoms with E-state index < -0.39 is 0 Å². The van der Waals surface area contributed by atoms with E-state index in [1.54, 1.807) is 25.6 Å². The number of hydrogen-bond acceptors (Lipinski definition) is 6. The van der Waals surface area contributed by atoms with Gasteiger partial charge in [0.2, 0.25) is 0 Å². The van der Waals surface area contributed by atoms with Crippen LogP contribution >= 0.6 is 11.3 Å². The molecule has 1 fully saturated rings. The molecule has 1 aromatic carbocycles. The third-order valence-corrected chi connectivity index (χ3v) is 6.39. The average molecular weight is 446 g/mol. The van der Waals surface area contributed by atoms with Crippen LogP contribution in [0.4, 0.5) is 0 Å². The number of likely N-dealkylation sites (tertiary alicyclic amines) is 1. The fourth-order valence-corrected chi connectivity index (χ4v) is 4.39. The summed E-state index contributed by atoms with van der Waals surface area (Å²) in [5, 5.41) is 10.2. The van der Waals surface area contributed by atoms with Gasteiger partial charge in [-0.2, -0.15) is 0 Å². The summed E-state index contributed by atoms with van der Waals surface area (Å²) in [6, 6.07) is 5.84. The molecule has 0 spiro atoms. The summed E-state index contributed by atoms with van der Waals surface area (Å²) in [5.41, 5.74) is 2.24. The van der Waals surface area contributed by atoms with Crippen molar-refractivity contribution in [1.29, 1.82) is 0 Å². The quantitative estimate of drug-likeness (QED) is 0.455. The van der Waals surface area contributed by atoms with E-state index >= 15 is 0 Å². The van der Waals surface area contributed by atoms with Crippen molar-refractivity contribution in [3.8, 4) is 11.5 Å². The molecule has 31 heavy (non-hydrogen) atoms. The summed E-state index contributed by atoms with van der Waals surface area (Å²) in [6.07, 6.45) is 2.39. The first kappa shape index (κ1) is 23.3. The number of guanidine groups is 1.